The Bertz CT molecular complexity index is 1260. The molecule has 1 saturated heterocycles. The van der Waals surface area contributed by atoms with Crippen LogP contribution >= 0.6 is 0 Å². The SMILES string of the molecule is COc1cc(O[C@@H]2CCOC2)cc2ncnc(Nc3ccc(CC(=O)CN(N)/C=C(\N)C(C)C)cc3)c12. The van der Waals surface area contributed by atoms with Crippen LogP contribution in [0.4, 0.5) is 11.5 Å². The summed E-state index contributed by atoms with van der Waals surface area (Å²) in [7, 11) is 1.61. The summed E-state index contributed by atoms with van der Waals surface area (Å²) in [6, 6.07) is 11.3. The van der Waals surface area contributed by atoms with E-state index in [-0.39, 0.29) is 30.8 Å². The molecule has 10 heteroatoms. The van der Waals surface area contributed by atoms with Crippen molar-refractivity contribution in [3.8, 4) is 11.5 Å². The fraction of sp³-hybridized carbons (Fsp3) is 0.370. The molecule has 4 rings (SSSR count). The number of hydrogen-bond acceptors (Lipinski definition) is 10. The molecule has 1 fully saturated rings. The molecule has 1 aromatic heterocycles. The standard InChI is InChI=1S/C27H34N6O4/c1-17(2)23(28)14-33(29)13-20(34)10-18-4-6-19(7-5-18)32-27-26-24(30-16-31-27)11-22(12-25(26)35-3)37-21-8-9-36-15-21/h4-7,11-12,14,16-17,21H,8-10,13,15,28-29H2,1-3H3,(H,30,31,32)/b23-14-/t21-/m1/s1. The molecule has 0 aliphatic carbocycles. The molecule has 3 aromatic rings. The van der Waals surface area contributed by atoms with Crippen LogP contribution in [0.5, 0.6) is 11.5 Å². The Hall–Kier alpha value is -3.89. The van der Waals surface area contributed by atoms with E-state index in [1.807, 2.05) is 50.2 Å². The molecule has 10 nitrogen and oxygen atoms in total. The van der Waals surface area contributed by atoms with E-state index in [1.165, 1.54) is 11.3 Å². The van der Waals surface area contributed by atoms with Crippen LogP contribution in [0.15, 0.2) is 54.6 Å². The summed E-state index contributed by atoms with van der Waals surface area (Å²) in [5.41, 5.74) is 8.94. The summed E-state index contributed by atoms with van der Waals surface area (Å²) >= 11 is 0. The van der Waals surface area contributed by atoms with Crippen LogP contribution < -0.4 is 26.4 Å². The molecule has 0 unspecified atom stereocenters. The zero-order chi connectivity index (χ0) is 26.4. The monoisotopic (exact) mass is 506 g/mol. The van der Waals surface area contributed by atoms with Gasteiger partial charge in [0, 0.05) is 42.6 Å². The summed E-state index contributed by atoms with van der Waals surface area (Å²) in [6.07, 6.45) is 4.25. The van der Waals surface area contributed by atoms with Crippen molar-refractivity contribution in [3.63, 3.8) is 0 Å². The maximum Gasteiger partial charge on any atom is 0.158 e. The van der Waals surface area contributed by atoms with Gasteiger partial charge < -0.3 is 30.3 Å². The number of hydrogen-bond donors (Lipinski definition) is 3. The molecule has 37 heavy (non-hydrogen) atoms. The Kier molecular flexibility index (Phi) is 8.42. The first kappa shape index (κ1) is 26.2. The van der Waals surface area contributed by atoms with E-state index in [0.29, 0.717) is 41.7 Å². The summed E-state index contributed by atoms with van der Waals surface area (Å²) in [6.45, 7) is 5.30. The highest BCUT2D eigenvalue weighted by Gasteiger charge is 2.19. The van der Waals surface area contributed by atoms with Gasteiger partial charge in [-0.25, -0.2) is 15.8 Å². The topological polar surface area (TPSA) is 138 Å². The zero-order valence-electron chi connectivity index (χ0n) is 21.4. The van der Waals surface area contributed by atoms with Crippen LogP contribution in [0.25, 0.3) is 10.9 Å². The molecule has 0 amide bonds. The lowest BCUT2D eigenvalue weighted by atomic mass is 10.1. The highest BCUT2D eigenvalue weighted by atomic mass is 16.5. The van der Waals surface area contributed by atoms with Gasteiger partial charge in [-0.05, 0) is 23.6 Å². The number of Topliss-reactive ketones (excluding diaryl/α,β-unsaturated/α-hetero) is 1. The first-order valence-corrected chi connectivity index (χ1v) is 12.3. The quantitative estimate of drug-likeness (QED) is 0.262. The molecule has 0 saturated carbocycles. The number of ketones is 1. The van der Waals surface area contributed by atoms with E-state index in [1.54, 1.807) is 13.3 Å². The summed E-state index contributed by atoms with van der Waals surface area (Å²) in [5.74, 6) is 7.95. The largest absolute Gasteiger partial charge is 0.496 e. The third-order valence-corrected chi connectivity index (χ3v) is 6.04. The molecule has 2 heterocycles. The van der Waals surface area contributed by atoms with E-state index in [4.69, 9.17) is 25.8 Å². The zero-order valence-corrected chi connectivity index (χ0v) is 21.4. The number of methoxy groups -OCH3 is 1. The molecular weight excluding hydrogens is 472 g/mol. The number of carbonyl (C=O) groups is 1. The summed E-state index contributed by atoms with van der Waals surface area (Å²) in [5, 5.41) is 5.41. The van der Waals surface area contributed by atoms with Gasteiger partial charge in [-0.3, -0.25) is 4.79 Å². The van der Waals surface area contributed by atoms with Gasteiger partial charge in [0.1, 0.15) is 29.7 Å². The average Bonchev–Trinajstić information content (AvgIpc) is 3.37. The number of rotatable bonds is 11. The van der Waals surface area contributed by atoms with Gasteiger partial charge >= 0.3 is 0 Å². The third-order valence-electron chi connectivity index (χ3n) is 6.04. The van der Waals surface area contributed by atoms with E-state index in [0.717, 1.165) is 23.1 Å². The number of hydrazine groups is 1. The van der Waals surface area contributed by atoms with Crippen molar-refractivity contribution in [1.29, 1.82) is 0 Å². The Morgan fingerprint density at radius 3 is 2.73 bits per heavy atom. The van der Waals surface area contributed by atoms with Crippen molar-refractivity contribution in [3.05, 3.63) is 60.2 Å². The van der Waals surface area contributed by atoms with Crippen molar-refractivity contribution >= 4 is 28.2 Å². The van der Waals surface area contributed by atoms with Crippen molar-refractivity contribution < 1.29 is 19.0 Å². The predicted octanol–water partition coefficient (Wildman–Crippen LogP) is 3.29. The van der Waals surface area contributed by atoms with Crippen LogP contribution in [-0.4, -0.2) is 53.7 Å². The fourth-order valence-electron chi connectivity index (χ4n) is 3.97. The van der Waals surface area contributed by atoms with Gasteiger partial charge in [-0.15, -0.1) is 0 Å². The minimum absolute atomic E-state index is 0.00950. The highest BCUT2D eigenvalue weighted by Crippen LogP contribution is 2.36. The van der Waals surface area contributed by atoms with Crippen molar-refractivity contribution in [1.82, 2.24) is 15.0 Å². The smallest absolute Gasteiger partial charge is 0.158 e. The van der Waals surface area contributed by atoms with E-state index in [9.17, 15) is 4.79 Å². The van der Waals surface area contributed by atoms with Crippen LogP contribution in [0.2, 0.25) is 0 Å². The maximum atomic E-state index is 12.4. The second kappa shape index (κ2) is 11.9. The molecule has 0 radical (unpaired) electrons. The Morgan fingerprint density at radius 1 is 1.27 bits per heavy atom. The number of fused-ring (bicyclic) bond motifs is 1. The molecule has 0 spiro atoms. The number of allylic oxidation sites excluding steroid dienone is 1. The molecule has 5 N–H and O–H groups in total. The maximum absolute atomic E-state index is 12.4. The van der Waals surface area contributed by atoms with Crippen molar-refractivity contribution in [2.45, 2.75) is 32.8 Å². The lowest BCUT2D eigenvalue weighted by molar-refractivity contribution is -0.119. The van der Waals surface area contributed by atoms with Gasteiger partial charge in [-0.1, -0.05) is 26.0 Å². The van der Waals surface area contributed by atoms with Gasteiger partial charge in [0.05, 0.1) is 37.8 Å². The lowest BCUT2D eigenvalue weighted by Gasteiger charge is -2.16. The van der Waals surface area contributed by atoms with Crippen LogP contribution in [0.1, 0.15) is 25.8 Å². The van der Waals surface area contributed by atoms with Gasteiger partial charge in [0.15, 0.2) is 5.78 Å². The first-order valence-electron chi connectivity index (χ1n) is 12.3. The number of benzene rings is 2. The molecule has 0 bridgehead atoms. The number of anilines is 2. The predicted molar refractivity (Wildman–Crippen MR) is 142 cm³/mol. The average molecular weight is 507 g/mol. The van der Waals surface area contributed by atoms with Crippen molar-refractivity contribution in [2.24, 2.45) is 17.5 Å². The number of nitrogens with two attached hydrogens (primary N) is 2. The first-order chi connectivity index (χ1) is 17.8. The second-order valence-electron chi connectivity index (χ2n) is 9.34. The molecule has 1 aliphatic heterocycles. The minimum Gasteiger partial charge on any atom is -0.496 e. The molecule has 1 aliphatic rings. The minimum atomic E-state index is -0.00950. The number of carbonyl (C=O) groups excluding carboxylic acids is 1. The fourth-order valence-corrected chi connectivity index (χ4v) is 3.97. The molecule has 1 atom stereocenters. The molecule has 2 aromatic carbocycles. The molecular formula is C27H34N6O4. The Labute approximate surface area is 216 Å². The van der Waals surface area contributed by atoms with Gasteiger partial charge in [-0.2, -0.15) is 0 Å². The number of aromatic nitrogens is 2. The third kappa shape index (κ3) is 6.87. The Balaban J connectivity index is 1.44. The van der Waals surface area contributed by atoms with Crippen molar-refractivity contribution in [2.75, 3.05) is 32.2 Å². The summed E-state index contributed by atoms with van der Waals surface area (Å²) < 4.78 is 17.1. The normalized spacial score (nSPS) is 15.7. The van der Waals surface area contributed by atoms with Crippen LogP contribution in [0, 0.1) is 5.92 Å². The van der Waals surface area contributed by atoms with E-state index >= 15 is 0 Å². The second-order valence-corrected chi connectivity index (χ2v) is 9.34. The van der Waals surface area contributed by atoms with Gasteiger partial charge in [0.2, 0.25) is 0 Å². The highest BCUT2D eigenvalue weighted by molar-refractivity contribution is 5.96. The van der Waals surface area contributed by atoms with Crippen LogP contribution in [-0.2, 0) is 16.0 Å². The Morgan fingerprint density at radius 2 is 2.05 bits per heavy atom. The number of ether oxygens (including phenoxy) is 3. The molecule has 196 valence electrons. The van der Waals surface area contributed by atoms with Gasteiger partial charge in [0.25, 0.3) is 0 Å². The lowest BCUT2D eigenvalue weighted by Crippen LogP contribution is -2.33. The number of nitrogens with one attached hydrogen (secondary N) is 1. The van der Waals surface area contributed by atoms with E-state index in [2.05, 4.69) is 15.3 Å². The summed E-state index contributed by atoms with van der Waals surface area (Å²) in [4.78, 5) is 21.3. The van der Waals surface area contributed by atoms with E-state index < -0.39 is 0 Å². The number of nitrogens with zero attached hydrogens (tertiary/aromatic N) is 3. The van der Waals surface area contributed by atoms with Crippen LogP contribution in [0.3, 0.4) is 0 Å².